The highest BCUT2D eigenvalue weighted by atomic mass is 32.2. The third kappa shape index (κ3) is 1.03. The third-order valence-corrected chi connectivity index (χ3v) is 2.70. The van der Waals surface area contributed by atoms with Crippen molar-refractivity contribution < 1.29 is 9.59 Å². The van der Waals surface area contributed by atoms with Crippen LogP contribution in [0.3, 0.4) is 0 Å². The van der Waals surface area contributed by atoms with Crippen LogP contribution < -0.4 is 0 Å². The zero-order chi connectivity index (χ0) is 7.72. The zero-order valence-corrected chi connectivity index (χ0v) is 6.89. The van der Waals surface area contributed by atoms with Gasteiger partial charge in [-0.05, 0) is 11.8 Å². The van der Waals surface area contributed by atoms with Gasteiger partial charge in [-0.1, -0.05) is 0 Å². The lowest BCUT2D eigenvalue weighted by molar-refractivity contribution is -0.136. The number of nitrogens with zero attached hydrogens (tertiary/aromatic N) is 1. The second-order valence-corrected chi connectivity index (χ2v) is 3.41. The minimum Gasteiger partial charge on any atom is -0.281 e. The van der Waals surface area contributed by atoms with E-state index in [1.165, 1.54) is 11.9 Å². The molecule has 2 amide bonds. The van der Waals surface area contributed by atoms with Crippen LogP contribution in [0.5, 0.6) is 0 Å². The molecule has 0 saturated carbocycles. The van der Waals surface area contributed by atoms with Gasteiger partial charge in [0.1, 0.15) is 0 Å². The van der Waals surface area contributed by atoms with E-state index in [4.69, 9.17) is 0 Å². The van der Waals surface area contributed by atoms with Crippen molar-refractivity contribution in [1.82, 2.24) is 4.90 Å². The van der Waals surface area contributed by atoms with Gasteiger partial charge in [0.25, 0.3) is 5.91 Å². The topological polar surface area (TPSA) is 37.4 Å². The number of carbonyl (C=O) groups excluding carboxylic acids is 2. The molecule has 1 heterocycles. The van der Waals surface area contributed by atoms with Crippen molar-refractivity contribution in [3.63, 3.8) is 0 Å². The van der Waals surface area contributed by atoms with Crippen molar-refractivity contribution in [1.29, 1.82) is 0 Å². The molecule has 0 radical (unpaired) electrons. The van der Waals surface area contributed by atoms with Crippen molar-refractivity contribution >= 4 is 23.6 Å². The number of imide groups is 1. The molecule has 0 bridgehead atoms. The molecule has 0 N–H and O–H groups in total. The molecule has 0 aromatic rings. The molecule has 0 spiro atoms. The number of likely N-dealkylation sites (tertiary alicyclic amines) is 1. The van der Waals surface area contributed by atoms with Gasteiger partial charge >= 0.3 is 0 Å². The van der Waals surface area contributed by atoms with Crippen LogP contribution in [0.1, 0.15) is 6.42 Å². The molecular formula is C6H10NO2S+. The number of thiol groups is 1. The Balaban J connectivity index is 2.71. The first-order chi connectivity index (χ1) is 4.66. The Morgan fingerprint density at radius 3 is 2.40 bits per heavy atom. The minimum atomic E-state index is -0.0718. The van der Waals surface area contributed by atoms with E-state index in [9.17, 15) is 9.59 Å². The average Bonchev–Trinajstić information content (AvgIpc) is 2.17. The SMILES string of the molecule is C[SH+]C1CC(=O)N(C)C1=O. The summed E-state index contributed by atoms with van der Waals surface area (Å²) in [5.74, 6) is -0.0847. The Labute approximate surface area is 63.8 Å². The van der Waals surface area contributed by atoms with Crippen LogP contribution in [0, 0.1) is 0 Å². The van der Waals surface area contributed by atoms with E-state index in [-0.39, 0.29) is 17.1 Å². The molecule has 0 aliphatic carbocycles. The van der Waals surface area contributed by atoms with Crippen LogP contribution in [-0.4, -0.2) is 35.3 Å². The third-order valence-electron chi connectivity index (χ3n) is 1.67. The average molecular weight is 160 g/mol. The Morgan fingerprint density at radius 1 is 1.60 bits per heavy atom. The number of amides is 2. The minimum absolute atomic E-state index is 0.0332. The summed E-state index contributed by atoms with van der Waals surface area (Å²) in [7, 11) is 1.54. The molecule has 56 valence electrons. The molecule has 0 aromatic heterocycles. The molecular weight excluding hydrogens is 150 g/mol. The maximum absolute atomic E-state index is 11.0. The molecule has 1 rings (SSSR count). The highest BCUT2D eigenvalue weighted by Gasteiger charge is 2.39. The van der Waals surface area contributed by atoms with Gasteiger partial charge in [0.05, 0.1) is 12.7 Å². The van der Waals surface area contributed by atoms with E-state index in [1.807, 2.05) is 6.26 Å². The van der Waals surface area contributed by atoms with E-state index in [0.29, 0.717) is 6.42 Å². The zero-order valence-electron chi connectivity index (χ0n) is 6.00. The van der Waals surface area contributed by atoms with Crippen LogP contribution in [0.25, 0.3) is 0 Å². The van der Waals surface area contributed by atoms with Gasteiger partial charge < -0.3 is 0 Å². The molecule has 1 saturated heterocycles. The summed E-state index contributed by atoms with van der Waals surface area (Å²) in [6.07, 6.45) is 2.29. The lowest BCUT2D eigenvalue weighted by atomic mass is 10.4. The maximum atomic E-state index is 11.0. The number of rotatable bonds is 1. The summed E-state index contributed by atoms with van der Waals surface area (Å²) in [6, 6.07) is 0. The molecule has 1 atom stereocenters. The van der Waals surface area contributed by atoms with Gasteiger partial charge in [-0.2, -0.15) is 0 Å². The lowest BCUT2D eigenvalue weighted by Crippen LogP contribution is -2.28. The highest BCUT2D eigenvalue weighted by Crippen LogP contribution is 2.12. The largest absolute Gasteiger partial charge is 0.282 e. The normalized spacial score (nSPS) is 26.2. The summed E-state index contributed by atoms with van der Waals surface area (Å²) in [5, 5.41) is -0.0718. The van der Waals surface area contributed by atoms with Gasteiger partial charge in [0, 0.05) is 7.05 Å². The molecule has 1 fully saturated rings. The molecule has 10 heavy (non-hydrogen) atoms. The second kappa shape index (κ2) is 2.62. The summed E-state index contributed by atoms with van der Waals surface area (Å²) >= 11 is 0.994. The van der Waals surface area contributed by atoms with Crippen LogP contribution in [0.2, 0.25) is 0 Å². The highest BCUT2D eigenvalue weighted by molar-refractivity contribution is 7.79. The van der Waals surface area contributed by atoms with Crippen molar-refractivity contribution in [3.8, 4) is 0 Å². The maximum Gasteiger partial charge on any atom is 0.282 e. The molecule has 1 aliphatic rings. The fourth-order valence-electron chi connectivity index (χ4n) is 0.938. The standard InChI is InChI=1S/C6H9NO2S/c1-7-5(8)3-4(10-2)6(7)9/h4H,3H2,1-2H3/p+1. The molecule has 1 aliphatic heterocycles. The van der Waals surface area contributed by atoms with E-state index in [2.05, 4.69) is 0 Å². The van der Waals surface area contributed by atoms with Crippen LogP contribution in [0.4, 0.5) is 0 Å². The second-order valence-electron chi connectivity index (χ2n) is 2.27. The fraction of sp³-hybridized carbons (Fsp3) is 0.667. The first-order valence-corrected chi connectivity index (χ1v) is 4.47. The van der Waals surface area contributed by atoms with Gasteiger partial charge in [0.2, 0.25) is 11.2 Å². The molecule has 1 unspecified atom stereocenters. The number of carbonyl (C=O) groups is 2. The first kappa shape index (κ1) is 7.60. The Bertz CT molecular complexity index is 181. The smallest absolute Gasteiger partial charge is 0.281 e. The molecule has 0 aromatic carbocycles. The Hall–Kier alpha value is -0.510. The summed E-state index contributed by atoms with van der Waals surface area (Å²) < 4.78 is 0. The van der Waals surface area contributed by atoms with Crippen LogP contribution in [0.15, 0.2) is 0 Å². The van der Waals surface area contributed by atoms with Gasteiger partial charge in [-0.3, -0.25) is 14.5 Å². The number of hydrogen-bond acceptors (Lipinski definition) is 2. The fourth-order valence-corrected chi connectivity index (χ4v) is 1.67. The van der Waals surface area contributed by atoms with Crippen molar-refractivity contribution in [2.45, 2.75) is 11.7 Å². The predicted molar refractivity (Wildman–Crippen MR) is 40.9 cm³/mol. The van der Waals surface area contributed by atoms with Crippen molar-refractivity contribution in [3.05, 3.63) is 0 Å². The molecule has 3 nitrogen and oxygen atoms in total. The van der Waals surface area contributed by atoms with Crippen LogP contribution in [-0.2, 0) is 21.4 Å². The lowest BCUT2D eigenvalue weighted by Gasteiger charge is -2.01. The number of hydrogen-bond donors (Lipinski definition) is 0. The summed E-state index contributed by atoms with van der Waals surface area (Å²) in [5.41, 5.74) is 0. The monoisotopic (exact) mass is 160 g/mol. The predicted octanol–water partition coefficient (Wildman–Crippen LogP) is -0.812. The van der Waals surface area contributed by atoms with Crippen LogP contribution >= 0.6 is 0 Å². The molecule has 4 heteroatoms. The van der Waals surface area contributed by atoms with E-state index in [0.717, 1.165) is 11.8 Å². The van der Waals surface area contributed by atoms with E-state index in [1.54, 1.807) is 0 Å². The van der Waals surface area contributed by atoms with Gasteiger partial charge in [-0.15, -0.1) is 0 Å². The quantitative estimate of drug-likeness (QED) is 0.286. The summed E-state index contributed by atoms with van der Waals surface area (Å²) in [6.45, 7) is 0. The summed E-state index contributed by atoms with van der Waals surface area (Å²) in [4.78, 5) is 23.1. The first-order valence-electron chi connectivity index (χ1n) is 3.06. The van der Waals surface area contributed by atoms with Crippen molar-refractivity contribution in [2.24, 2.45) is 0 Å². The van der Waals surface area contributed by atoms with Crippen molar-refractivity contribution in [2.75, 3.05) is 13.3 Å². The van der Waals surface area contributed by atoms with E-state index >= 15 is 0 Å². The van der Waals surface area contributed by atoms with E-state index < -0.39 is 0 Å². The van der Waals surface area contributed by atoms with Gasteiger partial charge in [-0.25, -0.2) is 0 Å². The Morgan fingerprint density at radius 2 is 2.20 bits per heavy atom. The Kier molecular flexibility index (Phi) is 1.99. The van der Waals surface area contributed by atoms with Gasteiger partial charge in [0.15, 0.2) is 0 Å².